The molecule has 1 unspecified atom stereocenters. The van der Waals surface area contributed by atoms with Crippen molar-refractivity contribution in [3.8, 4) is 0 Å². The Morgan fingerprint density at radius 1 is 1.53 bits per heavy atom. The van der Waals surface area contributed by atoms with E-state index < -0.39 is 6.04 Å². The average Bonchev–Trinajstić information content (AvgIpc) is 2.68. The molecule has 0 aliphatic carbocycles. The SMILES string of the molecule is CC(C)C[C@H](N)C(=O)NC(C)c1ncon1.Cl. The van der Waals surface area contributed by atoms with Crippen LogP contribution in [0.2, 0.25) is 0 Å². The number of nitrogens with two attached hydrogens (primary N) is 1. The lowest BCUT2D eigenvalue weighted by molar-refractivity contribution is -0.123. The predicted molar refractivity (Wildman–Crippen MR) is 65.5 cm³/mol. The van der Waals surface area contributed by atoms with Gasteiger partial charge in [0, 0.05) is 0 Å². The Morgan fingerprint density at radius 2 is 2.18 bits per heavy atom. The molecule has 1 aromatic rings. The van der Waals surface area contributed by atoms with Crippen LogP contribution in [-0.4, -0.2) is 22.1 Å². The molecule has 0 aromatic carbocycles. The number of carbonyl (C=O) groups excluding carboxylic acids is 1. The van der Waals surface area contributed by atoms with Gasteiger partial charge in [-0.1, -0.05) is 19.0 Å². The number of rotatable bonds is 5. The summed E-state index contributed by atoms with van der Waals surface area (Å²) in [6, 6.07) is -0.779. The van der Waals surface area contributed by atoms with Crippen LogP contribution in [0.25, 0.3) is 0 Å². The molecule has 0 aliphatic rings. The summed E-state index contributed by atoms with van der Waals surface area (Å²) in [7, 11) is 0. The normalized spacial score (nSPS) is 13.9. The molecule has 0 fully saturated rings. The van der Waals surface area contributed by atoms with Crippen LogP contribution in [0.4, 0.5) is 0 Å². The minimum Gasteiger partial charge on any atom is -0.345 e. The molecule has 2 atom stereocenters. The number of nitrogens with zero attached hydrogens (tertiary/aromatic N) is 2. The van der Waals surface area contributed by atoms with Crippen molar-refractivity contribution < 1.29 is 9.32 Å². The lowest BCUT2D eigenvalue weighted by atomic mass is 10.0. The first-order valence-corrected chi connectivity index (χ1v) is 5.33. The molecular weight excluding hydrogens is 244 g/mol. The Morgan fingerprint density at radius 3 is 2.65 bits per heavy atom. The fraction of sp³-hybridized carbons (Fsp3) is 0.700. The third-order valence-corrected chi connectivity index (χ3v) is 2.19. The van der Waals surface area contributed by atoms with E-state index in [2.05, 4.69) is 20.0 Å². The third-order valence-electron chi connectivity index (χ3n) is 2.19. The fourth-order valence-corrected chi connectivity index (χ4v) is 1.37. The molecule has 7 heteroatoms. The second-order valence-electron chi connectivity index (χ2n) is 4.26. The van der Waals surface area contributed by atoms with Crippen LogP contribution in [0.5, 0.6) is 0 Å². The van der Waals surface area contributed by atoms with Crippen LogP contribution in [0.15, 0.2) is 10.9 Å². The largest absolute Gasteiger partial charge is 0.345 e. The van der Waals surface area contributed by atoms with E-state index in [0.29, 0.717) is 18.2 Å². The van der Waals surface area contributed by atoms with Crippen LogP contribution >= 0.6 is 12.4 Å². The zero-order chi connectivity index (χ0) is 12.1. The molecule has 0 aliphatic heterocycles. The van der Waals surface area contributed by atoms with Crippen molar-refractivity contribution in [3.63, 3.8) is 0 Å². The number of carbonyl (C=O) groups is 1. The van der Waals surface area contributed by atoms with Gasteiger partial charge in [-0.2, -0.15) is 4.98 Å². The van der Waals surface area contributed by atoms with Crippen LogP contribution < -0.4 is 11.1 Å². The van der Waals surface area contributed by atoms with Gasteiger partial charge in [-0.3, -0.25) is 4.79 Å². The molecule has 1 aromatic heterocycles. The number of nitrogens with one attached hydrogen (secondary N) is 1. The Hall–Kier alpha value is -1.14. The molecule has 0 saturated carbocycles. The maximum Gasteiger partial charge on any atom is 0.237 e. The molecule has 17 heavy (non-hydrogen) atoms. The van der Waals surface area contributed by atoms with Crippen molar-refractivity contribution in [2.75, 3.05) is 0 Å². The molecular formula is C10H19ClN4O2. The van der Waals surface area contributed by atoms with Crippen molar-refractivity contribution in [2.24, 2.45) is 11.7 Å². The van der Waals surface area contributed by atoms with Gasteiger partial charge in [-0.05, 0) is 19.3 Å². The Kier molecular flexibility index (Phi) is 6.75. The topological polar surface area (TPSA) is 94.0 Å². The molecule has 98 valence electrons. The average molecular weight is 263 g/mol. The number of amides is 1. The highest BCUT2D eigenvalue weighted by molar-refractivity contribution is 5.85. The van der Waals surface area contributed by atoms with E-state index in [4.69, 9.17) is 5.73 Å². The maximum absolute atomic E-state index is 11.7. The number of hydrogen-bond acceptors (Lipinski definition) is 5. The number of halogens is 1. The second kappa shape index (κ2) is 7.24. The van der Waals surface area contributed by atoms with Crippen LogP contribution in [0.1, 0.15) is 39.1 Å². The smallest absolute Gasteiger partial charge is 0.237 e. The third kappa shape index (κ3) is 5.14. The summed E-state index contributed by atoms with van der Waals surface area (Å²) in [5.74, 6) is 0.650. The summed E-state index contributed by atoms with van der Waals surface area (Å²) in [5, 5.41) is 6.39. The molecule has 0 radical (unpaired) electrons. The monoisotopic (exact) mass is 262 g/mol. The molecule has 0 saturated heterocycles. The summed E-state index contributed by atoms with van der Waals surface area (Å²) in [6.45, 7) is 5.83. The predicted octanol–water partition coefficient (Wildman–Crippen LogP) is 1.04. The molecule has 1 rings (SSSR count). The van der Waals surface area contributed by atoms with Gasteiger partial charge in [0.25, 0.3) is 0 Å². The van der Waals surface area contributed by atoms with Crippen molar-refractivity contribution in [3.05, 3.63) is 12.2 Å². The molecule has 0 bridgehead atoms. The zero-order valence-corrected chi connectivity index (χ0v) is 11.0. The highest BCUT2D eigenvalue weighted by Gasteiger charge is 2.19. The Labute approximate surface area is 107 Å². The van der Waals surface area contributed by atoms with Gasteiger partial charge in [0.1, 0.15) is 0 Å². The van der Waals surface area contributed by atoms with E-state index in [9.17, 15) is 4.79 Å². The van der Waals surface area contributed by atoms with E-state index in [-0.39, 0.29) is 24.4 Å². The van der Waals surface area contributed by atoms with Crippen molar-refractivity contribution in [2.45, 2.75) is 39.3 Å². The fourth-order valence-electron chi connectivity index (χ4n) is 1.37. The van der Waals surface area contributed by atoms with E-state index in [0.717, 1.165) is 0 Å². The highest BCUT2D eigenvalue weighted by atomic mass is 35.5. The Balaban J connectivity index is 0.00000256. The molecule has 6 nitrogen and oxygen atoms in total. The first kappa shape index (κ1) is 15.9. The summed E-state index contributed by atoms with van der Waals surface area (Å²) >= 11 is 0. The molecule has 3 N–H and O–H groups in total. The number of hydrogen-bond donors (Lipinski definition) is 2. The van der Waals surface area contributed by atoms with Crippen molar-refractivity contribution in [1.29, 1.82) is 0 Å². The molecule has 1 amide bonds. The van der Waals surface area contributed by atoms with Crippen molar-refractivity contribution in [1.82, 2.24) is 15.5 Å². The van der Waals surface area contributed by atoms with Gasteiger partial charge in [0.2, 0.25) is 12.3 Å². The lowest BCUT2D eigenvalue weighted by Crippen LogP contribution is -2.42. The van der Waals surface area contributed by atoms with Crippen LogP contribution in [0, 0.1) is 5.92 Å². The van der Waals surface area contributed by atoms with Gasteiger partial charge < -0.3 is 15.6 Å². The first-order valence-electron chi connectivity index (χ1n) is 5.33. The Bertz CT molecular complexity index is 329. The summed E-state index contributed by atoms with van der Waals surface area (Å²) < 4.78 is 4.60. The van der Waals surface area contributed by atoms with Gasteiger partial charge in [-0.15, -0.1) is 12.4 Å². The zero-order valence-electron chi connectivity index (χ0n) is 10.2. The quantitative estimate of drug-likeness (QED) is 0.827. The maximum atomic E-state index is 11.7. The summed E-state index contributed by atoms with van der Waals surface area (Å²) in [6.07, 6.45) is 1.89. The van der Waals surface area contributed by atoms with E-state index in [1.807, 2.05) is 13.8 Å². The van der Waals surface area contributed by atoms with E-state index >= 15 is 0 Å². The van der Waals surface area contributed by atoms with Crippen molar-refractivity contribution >= 4 is 18.3 Å². The molecule has 1 heterocycles. The lowest BCUT2D eigenvalue weighted by Gasteiger charge is -2.16. The van der Waals surface area contributed by atoms with Gasteiger partial charge in [0.15, 0.2) is 5.82 Å². The van der Waals surface area contributed by atoms with Crippen LogP contribution in [0.3, 0.4) is 0 Å². The highest BCUT2D eigenvalue weighted by Crippen LogP contribution is 2.07. The second-order valence-corrected chi connectivity index (χ2v) is 4.26. The number of aromatic nitrogens is 2. The molecule has 0 spiro atoms. The van der Waals surface area contributed by atoms with Gasteiger partial charge in [0.05, 0.1) is 12.1 Å². The van der Waals surface area contributed by atoms with E-state index in [1.54, 1.807) is 6.92 Å². The summed E-state index contributed by atoms with van der Waals surface area (Å²) in [4.78, 5) is 15.5. The minimum absolute atomic E-state index is 0. The van der Waals surface area contributed by atoms with Crippen LogP contribution in [-0.2, 0) is 4.79 Å². The first-order chi connectivity index (χ1) is 7.50. The van der Waals surface area contributed by atoms with E-state index in [1.165, 1.54) is 6.39 Å². The van der Waals surface area contributed by atoms with Gasteiger partial charge >= 0.3 is 0 Å². The summed E-state index contributed by atoms with van der Waals surface area (Å²) in [5.41, 5.74) is 5.74. The van der Waals surface area contributed by atoms with Gasteiger partial charge in [-0.25, -0.2) is 0 Å². The standard InChI is InChI=1S/C10H18N4O2.ClH/c1-6(2)4-8(11)10(15)13-7(3)9-12-5-16-14-9;/h5-8H,4,11H2,1-3H3,(H,13,15);1H/t7?,8-;/m0./s1. The minimum atomic E-state index is -0.491.